The molecule has 1 amide bonds. The molecule has 3 nitrogen and oxygen atoms in total. The number of rotatable bonds is 4. The Balaban J connectivity index is 2.12. The van der Waals surface area contributed by atoms with Gasteiger partial charge in [0.15, 0.2) is 0 Å². The van der Waals surface area contributed by atoms with Crippen LogP contribution in [0.15, 0.2) is 0 Å². The maximum Gasteiger partial charge on any atom is 0.478 e. The summed E-state index contributed by atoms with van der Waals surface area (Å²) in [5, 5.41) is 2.59. The van der Waals surface area contributed by atoms with E-state index in [1.807, 2.05) is 0 Å². The standard InChI is InChI=1S/C11H20BF3NO2/c1-11(2,3)18-10(17)16-7-9-4-8(5-9)6-12(13,14)15/h8-9H,4-7H2,1-3H3,(H,16,17)/q-1. The highest BCUT2D eigenvalue weighted by Gasteiger charge is 2.35. The third kappa shape index (κ3) is 6.16. The lowest BCUT2D eigenvalue weighted by molar-refractivity contribution is 0.0499. The van der Waals surface area contributed by atoms with Crippen LogP contribution in [0.5, 0.6) is 0 Å². The van der Waals surface area contributed by atoms with E-state index in [-0.39, 0.29) is 11.8 Å². The first kappa shape index (κ1) is 15.2. The van der Waals surface area contributed by atoms with E-state index >= 15 is 0 Å². The number of halogens is 3. The van der Waals surface area contributed by atoms with Crippen molar-refractivity contribution in [2.45, 2.75) is 45.5 Å². The highest BCUT2D eigenvalue weighted by Crippen LogP contribution is 2.39. The van der Waals surface area contributed by atoms with Gasteiger partial charge in [-0.3, -0.25) is 0 Å². The summed E-state index contributed by atoms with van der Waals surface area (Å²) in [6.45, 7) is 1.01. The van der Waals surface area contributed by atoms with Gasteiger partial charge in [-0.1, -0.05) is 12.2 Å². The largest absolute Gasteiger partial charge is 0.478 e. The summed E-state index contributed by atoms with van der Waals surface area (Å²) >= 11 is 0. The quantitative estimate of drug-likeness (QED) is 0.792. The molecule has 0 saturated heterocycles. The number of carbonyl (C=O) groups is 1. The molecule has 0 aromatic carbocycles. The van der Waals surface area contributed by atoms with Crippen LogP contribution in [0.25, 0.3) is 0 Å². The van der Waals surface area contributed by atoms with Gasteiger partial charge < -0.3 is 23.0 Å². The van der Waals surface area contributed by atoms with Crippen LogP contribution in [-0.4, -0.2) is 25.2 Å². The molecule has 1 aliphatic carbocycles. The number of amides is 1. The van der Waals surface area contributed by atoms with E-state index in [1.54, 1.807) is 20.8 Å². The molecule has 1 rings (SSSR count). The van der Waals surface area contributed by atoms with Crippen LogP contribution in [0.2, 0.25) is 6.32 Å². The molecule has 1 N–H and O–H groups in total. The zero-order chi connectivity index (χ0) is 14.0. The molecule has 0 spiro atoms. The average molecular weight is 266 g/mol. The summed E-state index contributed by atoms with van der Waals surface area (Å²) < 4.78 is 41.4. The maximum atomic E-state index is 12.1. The number of ether oxygens (including phenoxy) is 1. The van der Waals surface area contributed by atoms with Crippen LogP contribution in [0.3, 0.4) is 0 Å². The predicted octanol–water partition coefficient (Wildman–Crippen LogP) is 3.38. The lowest BCUT2D eigenvalue weighted by atomic mass is 9.64. The Bertz CT molecular complexity index is 296. The Morgan fingerprint density at radius 1 is 1.28 bits per heavy atom. The second-order valence-corrected chi connectivity index (χ2v) is 6.03. The number of alkyl carbamates (subject to hydrolysis) is 1. The van der Waals surface area contributed by atoms with Crippen molar-refractivity contribution >= 4 is 13.1 Å². The van der Waals surface area contributed by atoms with Crippen molar-refractivity contribution in [3.8, 4) is 0 Å². The highest BCUT2D eigenvalue weighted by atomic mass is 19.4. The van der Waals surface area contributed by atoms with Crippen molar-refractivity contribution in [2.24, 2.45) is 11.8 Å². The van der Waals surface area contributed by atoms with Crippen molar-refractivity contribution in [2.75, 3.05) is 6.54 Å². The third-order valence-electron chi connectivity index (χ3n) is 2.87. The molecule has 0 aromatic heterocycles. The Labute approximate surface area is 106 Å². The average Bonchev–Trinajstić information content (AvgIpc) is 2.03. The Kier molecular flexibility index (Phi) is 4.56. The molecule has 0 radical (unpaired) electrons. The first-order valence-electron chi connectivity index (χ1n) is 6.23. The summed E-state index contributed by atoms with van der Waals surface area (Å²) in [6.07, 6.45) is -0.0807. The summed E-state index contributed by atoms with van der Waals surface area (Å²) in [7, 11) is 0. The van der Waals surface area contributed by atoms with Gasteiger partial charge in [0.05, 0.1) is 0 Å². The number of nitrogens with one attached hydrogen (secondary N) is 1. The van der Waals surface area contributed by atoms with E-state index in [4.69, 9.17) is 4.74 Å². The second kappa shape index (κ2) is 5.40. The van der Waals surface area contributed by atoms with Gasteiger partial charge in [0, 0.05) is 6.54 Å². The first-order valence-corrected chi connectivity index (χ1v) is 6.23. The molecule has 0 aliphatic heterocycles. The fraction of sp³-hybridized carbons (Fsp3) is 0.909. The van der Waals surface area contributed by atoms with Crippen LogP contribution < -0.4 is 5.32 Å². The van der Waals surface area contributed by atoms with Crippen LogP contribution in [-0.2, 0) is 4.74 Å². The Morgan fingerprint density at radius 3 is 2.28 bits per heavy atom. The topological polar surface area (TPSA) is 38.3 Å². The van der Waals surface area contributed by atoms with Crippen LogP contribution in [0.1, 0.15) is 33.6 Å². The van der Waals surface area contributed by atoms with Gasteiger partial charge in [0.25, 0.3) is 0 Å². The van der Waals surface area contributed by atoms with Gasteiger partial charge in [-0.15, -0.1) is 0 Å². The minimum absolute atomic E-state index is 0.153. The zero-order valence-corrected chi connectivity index (χ0v) is 11.0. The second-order valence-electron chi connectivity index (χ2n) is 6.03. The van der Waals surface area contributed by atoms with Gasteiger partial charge >= 0.3 is 13.1 Å². The fourth-order valence-corrected chi connectivity index (χ4v) is 2.15. The highest BCUT2D eigenvalue weighted by molar-refractivity contribution is 6.58. The molecule has 7 heteroatoms. The van der Waals surface area contributed by atoms with Crippen molar-refractivity contribution in [1.82, 2.24) is 5.32 Å². The van der Waals surface area contributed by atoms with Gasteiger partial charge in [0.2, 0.25) is 0 Å². The summed E-state index contributed by atoms with van der Waals surface area (Å²) in [6, 6.07) is 0. The van der Waals surface area contributed by atoms with Gasteiger partial charge in [-0.05, 0) is 39.5 Å². The van der Waals surface area contributed by atoms with E-state index in [9.17, 15) is 17.7 Å². The van der Waals surface area contributed by atoms with Crippen molar-refractivity contribution in [1.29, 1.82) is 0 Å². The Hall–Kier alpha value is -0.875. The SMILES string of the molecule is CC(C)(C)OC(=O)NCC1CC(C[B-](F)(F)F)C1. The molecule has 0 unspecified atom stereocenters. The normalized spacial score (nSPS) is 24.3. The molecular weight excluding hydrogens is 246 g/mol. The van der Waals surface area contributed by atoms with E-state index in [1.165, 1.54) is 0 Å². The molecule has 106 valence electrons. The van der Waals surface area contributed by atoms with Crippen LogP contribution in [0.4, 0.5) is 17.7 Å². The molecule has 1 saturated carbocycles. The number of hydrogen-bond acceptors (Lipinski definition) is 2. The molecule has 1 fully saturated rings. The molecule has 0 atom stereocenters. The molecule has 0 bridgehead atoms. The van der Waals surface area contributed by atoms with E-state index in [2.05, 4.69) is 5.32 Å². The molecular formula is C11H20BF3NO2-. The van der Waals surface area contributed by atoms with Gasteiger partial charge in [-0.25, -0.2) is 4.79 Å². The summed E-state index contributed by atoms with van der Waals surface area (Å²) in [5.41, 5.74) is -0.551. The minimum atomic E-state index is -4.68. The lowest BCUT2D eigenvalue weighted by Gasteiger charge is -2.38. The third-order valence-corrected chi connectivity index (χ3v) is 2.87. The van der Waals surface area contributed by atoms with Crippen molar-refractivity contribution in [3.05, 3.63) is 0 Å². The van der Waals surface area contributed by atoms with Crippen LogP contribution >= 0.6 is 0 Å². The summed E-state index contributed by atoms with van der Waals surface area (Å²) in [5.74, 6) is -0.101. The van der Waals surface area contributed by atoms with Crippen molar-refractivity contribution < 1.29 is 22.5 Å². The minimum Gasteiger partial charge on any atom is -0.449 e. The fourth-order valence-electron chi connectivity index (χ4n) is 2.15. The van der Waals surface area contributed by atoms with Crippen LogP contribution in [0, 0.1) is 11.8 Å². The van der Waals surface area contributed by atoms with E-state index in [0.717, 1.165) is 0 Å². The predicted molar refractivity (Wildman–Crippen MR) is 64.3 cm³/mol. The summed E-state index contributed by atoms with van der Waals surface area (Å²) in [4.78, 5) is 11.3. The molecule has 0 heterocycles. The number of carbonyl (C=O) groups excluding carboxylic acids is 1. The van der Waals surface area contributed by atoms with Gasteiger partial charge in [0.1, 0.15) is 5.60 Å². The maximum absolute atomic E-state index is 12.1. The van der Waals surface area contributed by atoms with Gasteiger partial charge in [-0.2, -0.15) is 0 Å². The number of hydrogen-bond donors (Lipinski definition) is 1. The monoisotopic (exact) mass is 266 g/mol. The zero-order valence-electron chi connectivity index (χ0n) is 11.0. The van der Waals surface area contributed by atoms with Crippen molar-refractivity contribution in [3.63, 3.8) is 0 Å². The smallest absolute Gasteiger partial charge is 0.449 e. The van der Waals surface area contributed by atoms with E-state index in [0.29, 0.717) is 19.4 Å². The van der Waals surface area contributed by atoms with E-state index < -0.39 is 25.0 Å². The molecule has 18 heavy (non-hydrogen) atoms. The molecule has 1 aliphatic rings. The Morgan fingerprint density at radius 2 is 1.83 bits per heavy atom. The lowest BCUT2D eigenvalue weighted by Crippen LogP contribution is -2.40. The molecule has 0 aromatic rings. The first-order chi connectivity index (χ1) is 8.05.